The van der Waals surface area contributed by atoms with Gasteiger partial charge >= 0.3 is 0 Å². The number of guanidine groups is 1. The lowest BCUT2D eigenvalue weighted by Gasteiger charge is -2.33. The van der Waals surface area contributed by atoms with E-state index in [1.54, 1.807) is 0 Å². The number of unbranched alkanes of at least 4 members (excludes halogenated alkanes) is 1. The maximum atomic E-state index is 13.7. The van der Waals surface area contributed by atoms with Crippen molar-refractivity contribution in [2.24, 2.45) is 4.99 Å². The molecule has 1 heterocycles. The Balaban J connectivity index is 0.00000338. The number of aliphatic imine (C=N–C) groups is 1. The van der Waals surface area contributed by atoms with Gasteiger partial charge in [0, 0.05) is 31.2 Å². The van der Waals surface area contributed by atoms with Crippen molar-refractivity contribution in [3.63, 3.8) is 0 Å². The van der Waals surface area contributed by atoms with Crippen LogP contribution >= 0.6 is 24.0 Å². The van der Waals surface area contributed by atoms with Gasteiger partial charge in [-0.25, -0.2) is 13.8 Å². The maximum Gasteiger partial charge on any atom is 0.191 e. The number of rotatable bonds is 7. The molecule has 1 aromatic rings. The molecule has 0 bridgehead atoms. The third kappa shape index (κ3) is 7.73. The first kappa shape index (κ1) is 23.1. The van der Waals surface area contributed by atoms with Crippen molar-refractivity contribution in [3.05, 3.63) is 35.4 Å². The highest BCUT2D eigenvalue weighted by Gasteiger charge is 2.19. The molecule has 26 heavy (non-hydrogen) atoms. The van der Waals surface area contributed by atoms with Crippen LogP contribution in [0.4, 0.5) is 8.78 Å². The van der Waals surface area contributed by atoms with Gasteiger partial charge in [0.15, 0.2) is 5.96 Å². The molecule has 0 saturated carbocycles. The van der Waals surface area contributed by atoms with Gasteiger partial charge in [-0.2, -0.15) is 0 Å². The van der Waals surface area contributed by atoms with Gasteiger partial charge in [-0.1, -0.05) is 13.3 Å². The van der Waals surface area contributed by atoms with Gasteiger partial charge < -0.3 is 15.5 Å². The van der Waals surface area contributed by atoms with Crippen LogP contribution in [0.15, 0.2) is 23.2 Å². The van der Waals surface area contributed by atoms with Crippen molar-refractivity contribution in [2.75, 3.05) is 26.2 Å². The van der Waals surface area contributed by atoms with Crippen LogP contribution in [0.3, 0.4) is 0 Å². The molecule has 1 aromatic carbocycles. The molecule has 1 fully saturated rings. The Morgan fingerprint density at radius 1 is 1.23 bits per heavy atom. The van der Waals surface area contributed by atoms with Crippen molar-refractivity contribution < 1.29 is 8.78 Å². The van der Waals surface area contributed by atoms with E-state index in [9.17, 15) is 8.78 Å². The highest BCUT2D eigenvalue weighted by atomic mass is 127. The molecular formula is C19H31F2IN4. The van der Waals surface area contributed by atoms with Crippen LogP contribution in [-0.2, 0) is 6.54 Å². The van der Waals surface area contributed by atoms with Gasteiger partial charge in [-0.3, -0.25) is 0 Å². The second kappa shape index (κ2) is 12.4. The van der Waals surface area contributed by atoms with E-state index in [2.05, 4.69) is 27.4 Å². The summed E-state index contributed by atoms with van der Waals surface area (Å²) in [6.07, 6.45) is 4.62. The zero-order valence-electron chi connectivity index (χ0n) is 15.7. The quantitative estimate of drug-likeness (QED) is 0.354. The smallest absolute Gasteiger partial charge is 0.191 e. The van der Waals surface area contributed by atoms with Crippen molar-refractivity contribution in [2.45, 2.75) is 52.1 Å². The predicted octanol–water partition coefficient (Wildman–Crippen LogP) is 3.90. The normalized spacial score (nSPS) is 16.2. The Morgan fingerprint density at radius 2 is 1.96 bits per heavy atom. The van der Waals surface area contributed by atoms with Gasteiger partial charge in [-0.15, -0.1) is 24.0 Å². The van der Waals surface area contributed by atoms with Gasteiger partial charge in [0.25, 0.3) is 0 Å². The average Bonchev–Trinajstić information content (AvgIpc) is 2.62. The number of nitrogens with one attached hydrogen (secondary N) is 2. The van der Waals surface area contributed by atoms with Crippen LogP contribution in [0.2, 0.25) is 0 Å². The van der Waals surface area contributed by atoms with Crippen LogP contribution in [0.1, 0.15) is 45.1 Å². The van der Waals surface area contributed by atoms with E-state index in [1.807, 2.05) is 6.92 Å². The molecule has 0 spiro atoms. The van der Waals surface area contributed by atoms with Crippen LogP contribution in [0.25, 0.3) is 0 Å². The number of likely N-dealkylation sites (tertiary alicyclic amines) is 1. The van der Waals surface area contributed by atoms with E-state index in [0.717, 1.165) is 44.6 Å². The standard InChI is InChI=1S/C19H30F2N4.HI/c1-3-5-10-25-11-8-17(9-12-25)24-19(22-4-2)23-14-15-13-16(20)6-7-18(15)21;/h6-7,13,17H,3-5,8-12,14H2,1-2H3,(H2,22,23,24);1H. The minimum atomic E-state index is -0.441. The van der Waals surface area contributed by atoms with Crippen LogP contribution in [0, 0.1) is 11.6 Å². The molecule has 0 unspecified atom stereocenters. The number of halogens is 3. The highest BCUT2D eigenvalue weighted by molar-refractivity contribution is 14.0. The number of benzene rings is 1. The molecule has 0 atom stereocenters. The maximum absolute atomic E-state index is 13.7. The summed E-state index contributed by atoms with van der Waals surface area (Å²) in [6, 6.07) is 3.84. The lowest BCUT2D eigenvalue weighted by molar-refractivity contribution is 0.203. The zero-order valence-corrected chi connectivity index (χ0v) is 18.1. The molecule has 4 nitrogen and oxygen atoms in total. The fourth-order valence-electron chi connectivity index (χ4n) is 3.02. The molecular weight excluding hydrogens is 449 g/mol. The summed E-state index contributed by atoms with van der Waals surface area (Å²) >= 11 is 0. The SMILES string of the molecule is CCCCN1CCC(NC(=NCc2cc(F)ccc2F)NCC)CC1.I. The lowest BCUT2D eigenvalue weighted by atomic mass is 10.0. The van der Waals surface area contributed by atoms with E-state index in [1.165, 1.54) is 25.5 Å². The summed E-state index contributed by atoms with van der Waals surface area (Å²) in [7, 11) is 0. The van der Waals surface area contributed by atoms with Crippen LogP contribution < -0.4 is 10.6 Å². The second-order valence-electron chi connectivity index (χ2n) is 6.54. The number of hydrogen-bond donors (Lipinski definition) is 2. The summed E-state index contributed by atoms with van der Waals surface area (Å²) in [5.41, 5.74) is 0.270. The van der Waals surface area contributed by atoms with E-state index < -0.39 is 11.6 Å². The van der Waals surface area contributed by atoms with Crippen molar-refractivity contribution in [1.29, 1.82) is 0 Å². The third-order valence-electron chi connectivity index (χ3n) is 4.52. The van der Waals surface area contributed by atoms with E-state index in [-0.39, 0.29) is 36.1 Å². The van der Waals surface area contributed by atoms with Crippen molar-refractivity contribution >= 4 is 29.9 Å². The minimum absolute atomic E-state index is 0. The summed E-state index contributed by atoms with van der Waals surface area (Å²) in [4.78, 5) is 6.93. The van der Waals surface area contributed by atoms with Crippen molar-refractivity contribution in [1.82, 2.24) is 15.5 Å². The molecule has 0 aromatic heterocycles. The second-order valence-corrected chi connectivity index (χ2v) is 6.54. The third-order valence-corrected chi connectivity index (χ3v) is 4.52. The molecule has 148 valence electrons. The fourth-order valence-corrected chi connectivity index (χ4v) is 3.02. The first-order valence-corrected chi connectivity index (χ1v) is 9.33. The van der Waals surface area contributed by atoms with Crippen molar-refractivity contribution in [3.8, 4) is 0 Å². The number of nitrogens with zero attached hydrogens (tertiary/aromatic N) is 2. The minimum Gasteiger partial charge on any atom is -0.357 e. The van der Waals surface area contributed by atoms with Crippen LogP contribution in [-0.4, -0.2) is 43.1 Å². The van der Waals surface area contributed by atoms with Gasteiger partial charge in [0.2, 0.25) is 0 Å². The van der Waals surface area contributed by atoms with E-state index in [0.29, 0.717) is 12.0 Å². The summed E-state index contributed by atoms with van der Waals surface area (Å²) in [5.74, 6) is -0.201. The molecule has 2 rings (SSSR count). The Morgan fingerprint density at radius 3 is 2.62 bits per heavy atom. The molecule has 0 radical (unpaired) electrons. The first-order valence-electron chi connectivity index (χ1n) is 9.33. The first-order chi connectivity index (χ1) is 12.1. The Bertz CT molecular complexity index is 560. The molecule has 1 saturated heterocycles. The summed E-state index contributed by atoms with van der Waals surface area (Å²) < 4.78 is 27.0. The molecule has 2 N–H and O–H groups in total. The van der Waals surface area contributed by atoms with E-state index in [4.69, 9.17) is 0 Å². The predicted molar refractivity (Wildman–Crippen MR) is 114 cm³/mol. The molecule has 1 aliphatic heterocycles. The summed E-state index contributed by atoms with van der Waals surface area (Å²) in [5, 5.41) is 6.62. The Kier molecular flexibility index (Phi) is 11.0. The van der Waals surface area contributed by atoms with E-state index >= 15 is 0 Å². The lowest BCUT2D eigenvalue weighted by Crippen LogP contribution is -2.48. The average molecular weight is 480 g/mol. The van der Waals surface area contributed by atoms with Gasteiger partial charge in [-0.05, 0) is 50.9 Å². The molecule has 7 heteroatoms. The molecule has 0 aliphatic carbocycles. The highest BCUT2D eigenvalue weighted by Crippen LogP contribution is 2.12. The number of piperidine rings is 1. The fraction of sp³-hybridized carbons (Fsp3) is 0.632. The summed E-state index contributed by atoms with van der Waals surface area (Å²) in [6.45, 7) is 8.42. The van der Waals surface area contributed by atoms with Crippen LogP contribution in [0.5, 0.6) is 0 Å². The topological polar surface area (TPSA) is 39.7 Å². The Hall–Kier alpha value is -0.960. The monoisotopic (exact) mass is 480 g/mol. The van der Waals surface area contributed by atoms with Gasteiger partial charge in [0.05, 0.1) is 6.54 Å². The molecule has 1 aliphatic rings. The van der Waals surface area contributed by atoms with Gasteiger partial charge in [0.1, 0.15) is 11.6 Å². The largest absolute Gasteiger partial charge is 0.357 e. The number of hydrogen-bond acceptors (Lipinski definition) is 2. The Labute approximate surface area is 172 Å². The zero-order chi connectivity index (χ0) is 18.1. The molecule has 0 amide bonds.